The van der Waals surface area contributed by atoms with Gasteiger partial charge in [-0.25, -0.2) is 0 Å². The summed E-state index contributed by atoms with van der Waals surface area (Å²) in [5.41, 5.74) is 18.6. The van der Waals surface area contributed by atoms with E-state index in [2.05, 4.69) is 69.0 Å². The third-order valence-electron chi connectivity index (χ3n) is 6.76. The standard InChI is InChI=1S/C36H36N6O2/c37-23-1-25-43-35-19-15-33(16-20-35)41-39-31-11-7-29(8-12-31)27-3-5-28(6-4-27)30-9-13-32(14-10-30)40-42-34-17-21-36(22-18-34)44-26-2-24-38/h3-22H,1-2,23-26,37-38H2. The molecule has 0 aliphatic rings. The normalized spacial score (nSPS) is 11.3. The molecule has 0 aliphatic carbocycles. The van der Waals surface area contributed by atoms with Crippen molar-refractivity contribution < 1.29 is 9.47 Å². The largest absolute Gasteiger partial charge is 0.494 e. The van der Waals surface area contributed by atoms with Gasteiger partial charge in [0.15, 0.2) is 0 Å². The van der Waals surface area contributed by atoms with E-state index in [4.69, 9.17) is 20.9 Å². The number of benzene rings is 5. The van der Waals surface area contributed by atoms with Crippen LogP contribution in [0.4, 0.5) is 22.7 Å². The van der Waals surface area contributed by atoms with Crippen molar-refractivity contribution in [1.29, 1.82) is 0 Å². The average Bonchev–Trinajstić information content (AvgIpc) is 3.08. The molecule has 0 unspecified atom stereocenters. The van der Waals surface area contributed by atoms with Gasteiger partial charge in [0.05, 0.1) is 36.0 Å². The highest BCUT2D eigenvalue weighted by atomic mass is 16.5. The minimum atomic E-state index is 0.609. The van der Waals surface area contributed by atoms with E-state index in [1.165, 1.54) is 0 Å². The molecular formula is C36H36N6O2. The Bertz CT molecular complexity index is 1510. The lowest BCUT2D eigenvalue weighted by molar-refractivity contribution is 0.313. The fourth-order valence-corrected chi connectivity index (χ4v) is 4.29. The molecule has 222 valence electrons. The molecule has 0 fully saturated rings. The molecule has 5 aromatic rings. The summed E-state index contributed by atoms with van der Waals surface area (Å²) in [4.78, 5) is 0. The monoisotopic (exact) mass is 584 g/mol. The van der Waals surface area contributed by atoms with E-state index in [0.29, 0.717) is 26.3 Å². The van der Waals surface area contributed by atoms with Gasteiger partial charge in [-0.2, -0.15) is 20.5 Å². The SMILES string of the molecule is NCCCOc1ccc(N=Nc2ccc(-c3ccc(-c4ccc(N=Nc5ccc(OCCCN)cc5)cc4)cc3)cc2)cc1. The molecule has 0 heterocycles. The molecule has 0 saturated heterocycles. The summed E-state index contributed by atoms with van der Waals surface area (Å²) in [7, 11) is 0. The van der Waals surface area contributed by atoms with Crippen molar-refractivity contribution in [3.63, 3.8) is 0 Å². The minimum absolute atomic E-state index is 0.609. The minimum Gasteiger partial charge on any atom is -0.494 e. The summed E-state index contributed by atoms with van der Waals surface area (Å²) < 4.78 is 11.3. The Kier molecular flexibility index (Phi) is 10.9. The summed E-state index contributed by atoms with van der Waals surface area (Å²) in [5.74, 6) is 1.60. The van der Waals surface area contributed by atoms with Gasteiger partial charge in [0.25, 0.3) is 0 Å². The zero-order chi connectivity index (χ0) is 30.4. The van der Waals surface area contributed by atoms with Gasteiger partial charge in [0, 0.05) is 0 Å². The fraction of sp³-hybridized carbons (Fsp3) is 0.167. The topological polar surface area (TPSA) is 120 Å². The summed E-state index contributed by atoms with van der Waals surface area (Å²) in [5, 5.41) is 17.4. The van der Waals surface area contributed by atoms with Crippen LogP contribution in [0.3, 0.4) is 0 Å². The van der Waals surface area contributed by atoms with Crippen molar-refractivity contribution in [3.8, 4) is 33.8 Å². The van der Waals surface area contributed by atoms with Crippen LogP contribution in [0.2, 0.25) is 0 Å². The van der Waals surface area contributed by atoms with Crippen LogP contribution in [-0.4, -0.2) is 26.3 Å². The molecule has 5 aromatic carbocycles. The second kappa shape index (κ2) is 15.9. The highest BCUT2D eigenvalue weighted by Gasteiger charge is 2.03. The van der Waals surface area contributed by atoms with E-state index < -0.39 is 0 Å². The Morgan fingerprint density at radius 3 is 0.886 bits per heavy atom. The van der Waals surface area contributed by atoms with E-state index >= 15 is 0 Å². The highest BCUT2D eigenvalue weighted by Crippen LogP contribution is 2.29. The quantitative estimate of drug-likeness (QED) is 0.0998. The van der Waals surface area contributed by atoms with Crippen molar-refractivity contribution >= 4 is 22.7 Å². The smallest absolute Gasteiger partial charge is 0.119 e. The molecule has 4 N–H and O–H groups in total. The first-order valence-electron chi connectivity index (χ1n) is 14.7. The lowest BCUT2D eigenvalue weighted by Gasteiger charge is -2.06. The predicted molar refractivity (Wildman–Crippen MR) is 177 cm³/mol. The Morgan fingerprint density at radius 1 is 0.364 bits per heavy atom. The Labute approximate surface area is 258 Å². The number of rotatable bonds is 14. The van der Waals surface area contributed by atoms with Crippen molar-refractivity contribution in [2.24, 2.45) is 31.9 Å². The molecule has 0 spiro atoms. The second-order valence-corrected chi connectivity index (χ2v) is 10.0. The van der Waals surface area contributed by atoms with Gasteiger partial charge in [-0.15, -0.1) is 0 Å². The van der Waals surface area contributed by atoms with Crippen LogP contribution in [-0.2, 0) is 0 Å². The van der Waals surface area contributed by atoms with Gasteiger partial charge < -0.3 is 20.9 Å². The molecule has 0 saturated carbocycles. The van der Waals surface area contributed by atoms with Crippen molar-refractivity contribution in [2.45, 2.75) is 12.8 Å². The molecule has 0 bridgehead atoms. The van der Waals surface area contributed by atoms with Crippen LogP contribution in [0.25, 0.3) is 22.3 Å². The molecule has 8 nitrogen and oxygen atoms in total. The number of hydrogen-bond donors (Lipinski definition) is 2. The second-order valence-electron chi connectivity index (χ2n) is 10.0. The van der Waals surface area contributed by atoms with E-state index in [9.17, 15) is 0 Å². The fourth-order valence-electron chi connectivity index (χ4n) is 4.29. The number of nitrogens with zero attached hydrogens (tertiary/aromatic N) is 4. The van der Waals surface area contributed by atoms with Crippen molar-refractivity contribution in [1.82, 2.24) is 0 Å². The third kappa shape index (κ3) is 8.91. The van der Waals surface area contributed by atoms with Gasteiger partial charge >= 0.3 is 0 Å². The van der Waals surface area contributed by atoms with Gasteiger partial charge in [0.1, 0.15) is 11.5 Å². The first kappa shape index (κ1) is 30.3. The maximum Gasteiger partial charge on any atom is 0.119 e. The molecule has 0 aliphatic heterocycles. The number of ether oxygens (including phenoxy) is 2. The predicted octanol–water partition coefficient (Wildman–Crippen LogP) is 9.31. The zero-order valence-electron chi connectivity index (χ0n) is 24.5. The number of hydrogen-bond acceptors (Lipinski definition) is 8. The maximum absolute atomic E-state index is 5.63. The first-order chi connectivity index (χ1) is 21.7. The first-order valence-corrected chi connectivity index (χ1v) is 14.7. The summed E-state index contributed by atoms with van der Waals surface area (Å²) >= 11 is 0. The van der Waals surface area contributed by atoms with Crippen molar-refractivity contribution in [3.05, 3.63) is 121 Å². The van der Waals surface area contributed by atoms with E-state index in [1.54, 1.807) is 0 Å². The highest BCUT2D eigenvalue weighted by molar-refractivity contribution is 5.71. The van der Waals surface area contributed by atoms with E-state index in [1.807, 2.05) is 72.8 Å². The summed E-state index contributed by atoms with van der Waals surface area (Å²) in [6.45, 7) is 2.45. The molecule has 8 heteroatoms. The Balaban J connectivity index is 1.14. The number of nitrogens with two attached hydrogens (primary N) is 2. The van der Waals surface area contributed by atoms with Crippen LogP contribution < -0.4 is 20.9 Å². The van der Waals surface area contributed by atoms with Crippen LogP contribution in [0.5, 0.6) is 11.5 Å². The van der Waals surface area contributed by atoms with Gasteiger partial charge in [-0.3, -0.25) is 0 Å². The maximum atomic E-state index is 5.63. The molecule has 0 atom stereocenters. The third-order valence-corrected chi connectivity index (χ3v) is 6.76. The number of azo groups is 2. The van der Waals surface area contributed by atoms with E-state index in [0.717, 1.165) is 69.3 Å². The molecule has 0 amide bonds. The molecule has 5 rings (SSSR count). The van der Waals surface area contributed by atoms with Gasteiger partial charge in [-0.1, -0.05) is 48.5 Å². The lowest BCUT2D eigenvalue weighted by atomic mass is 10.00. The van der Waals surface area contributed by atoms with Crippen LogP contribution in [0.15, 0.2) is 142 Å². The van der Waals surface area contributed by atoms with Crippen LogP contribution in [0, 0.1) is 0 Å². The van der Waals surface area contributed by atoms with Crippen molar-refractivity contribution in [2.75, 3.05) is 26.3 Å². The lowest BCUT2D eigenvalue weighted by Crippen LogP contribution is -2.05. The van der Waals surface area contributed by atoms with E-state index in [-0.39, 0.29) is 0 Å². The van der Waals surface area contributed by atoms with Gasteiger partial charge in [0.2, 0.25) is 0 Å². The Hall–Kier alpha value is -5.18. The van der Waals surface area contributed by atoms with Gasteiger partial charge in [-0.05, 0) is 121 Å². The zero-order valence-corrected chi connectivity index (χ0v) is 24.5. The van der Waals surface area contributed by atoms with Crippen LogP contribution >= 0.6 is 0 Å². The average molecular weight is 585 g/mol. The van der Waals surface area contributed by atoms with Crippen LogP contribution in [0.1, 0.15) is 12.8 Å². The molecule has 0 aromatic heterocycles. The Morgan fingerprint density at radius 2 is 0.614 bits per heavy atom. The molecular weight excluding hydrogens is 548 g/mol. The summed E-state index contributed by atoms with van der Waals surface area (Å²) in [6.07, 6.45) is 1.66. The summed E-state index contributed by atoms with van der Waals surface area (Å²) in [6, 6.07) is 39.7. The molecule has 44 heavy (non-hydrogen) atoms. The molecule has 0 radical (unpaired) electrons.